The highest BCUT2D eigenvalue weighted by Gasteiger charge is 2.09. The second kappa shape index (κ2) is 6.89. The highest BCUT2D eigenvalue weighted by molar-refractivity contribution is 7.80. The number of thiol groups is 1. The van der Waals surface area contributed by atoms with Gasteiger partial charge in [0.1, 0.15) is 0 Å². The van der Waals surface area contributed by atoms with Crippen LogP contribution < -0.4 is 5.32 Å². The van der Waals surface area contributed by atoms with Crippen LogP contribution in [-0.4, -0.2) is 23.7 Å². The average Bonchev–Trinajstić information content (AvgIpc) is 2.27. The molecule has 0 bridgehead atoms. The van der Waals surface area contributed by atoms with Crippen molar-refractivity contribution < 1.29 is 9.90 Å². The van der Waals surface area contributed by atoms with E-state index in [1.54, 1.807) is 25.1 Å². The van der Waals surface area contributed by atoms with Gasteiger partial charge in [0.05, 0.1) is 16.7 Å². The van der Waals surface area contributed by atoms with Crippen molar-refractivity contribution >= 4 is 30.1 Å². The van der Waals surface area contributed by atoms with Crippen LogP contribution in [0.3, 0.4) is 0 Å². The number of carbonyl (C=O) groups excluding carboxylic acids is 1. The molecule has 94 valence electrons. The molecule has 1 unspecified atom stereocenters. The molecular weight excluding hydrogens is 258 g/mol. The van der Waals surface area contributed by atoms with E-state index >= 15 is 0 Å². The Morgan fingerprint density at radius 1 is 1.59 bits per heavy atom. The van der Waals surface area contributed by atoms with Gasteiger partial charge in [0.15, 0.2) is 0 Å². The average molecular weight is 274 g/mol. The first-order valence-corrected chi connectivity index (χ1v) is 6.28. The lowest BCUT2D eigenvalue weighted by atomic mass is 10.2. The van der Waals surface area contributed by atoms with Gasteiger partial charge in [-0.05, 0) is 38.0 Å². The lowest BCUT2D eigenvalue weighted by Gasteiger charge is -2.08. The van der Waals surface area contributed by atoms with Crippen LogP contribution >= 0.6 is 24.2 Å². The molecule has 0 heterocycles. The van der Waals surface area contributed by atoms with E-state index in [1.165, 1.54) is 0 Å². The molecule has 0 aliphatic carbocycles. The Labute approximate surface area is 112 Å². The predicted octanol–water partition coefficient (Wildman–Crippen LogP) is 2.52. The molecule has 1 aromatic rings. The minimum atomic E-state index is -0.337. The SMILES string of the molecule is CC(O)CCCNC(=O)c1cc(S)ccc1Cl. The standard InChI is InChI=1S/C12H16ClNO2S/c1-8(15)3-2-6-14-12(16)10-7-9(17)4-5-11(10)13/h4-5,7-8,15,17H,2-3,6H2,1H3,(H,14,16). The summed E-state index contributed by atoms with van der Waals surface area (Å²) in [5.74, 6) is -0.212. The molecule has 5 heteroatoms. The van der Waals surface area contributed by atoms with Crippen molar-refractivity contribution in [1.29, 1.82) is 0 Å². The molecule has 1 aromatic carbocycles. The maximum atomic E-state index is 11.8. The number of nitrogens with one attached hydrogen (secondary N) is 1. The second-order valence-electron chi connectivity index (χ2n) is 3.91. The monoisotopic (exact) mass is 273 g/mol. The molecule has 0 aromatic heterocycles. The molecular formula is C12H16ClNO2S. The number of benzene rings is 1. The number of aliphatic hydroxyl groups excluding tert-OH is 1. The summed E-state index contributed by atoms with van der Waals surface area (Å²) >= 11 is 10.1. The van der Waals surface area contributed by atoms with Crippen LogP contribution in [0.2, 0.25) is 5.02 Å². The normalized spacial score (nSPS) is 12.2. The number of hydrogen-bond acceptors (Lipinski definition) is 3. The molecule has 3 nitrogen and oxygen atoms in total. The van der Waals surface area contributed by atoms with Gasteiger partial charge in [-0.2, -0.15) is 0 Å². The van der Waals surface area contributed by atoms with Crippen LogP contribution in [0.15, 0.2) is 23.1 Å². The minimum absolute atomic E-state index is 0.212. The van der Waals surface area contributed by atoms with E-state index in [-0.39, 0.29) is 12.0 Å². The highest BCUT2D eigenvalue weighted by atomic mass is 35.5. The van der Waals surface area contributed by atoms with Crippen LogP contribution in [0.4, 0.5) is 0 Å². The van der Waals surface area contributed by atoms with Crippen LogP contribution in [0.25, 0.3) is 0 Å². The summed E-state index contributed by atoms with van der Waals surface area (Å²) in [6, 6.07) is 5.01. The van der Waals surface area contributed by atoms with E-state index in [9.17, 15) is 4.79 Å². The van der Waals surface area contributed by atoms with Gasteiger partial charge in [-0.3, -0.25) is 4.79 Å². The maximum Gasteiger partial charge on any atom is 0.252 e. The summed E-state index contributed by atoms with van der Waals surface area (Å²) in [7, 11) is 0. The molecule has 0 spiro atoms. The molecule has 17 heavy (non-hydrogen) atoms. The van der Waals surface area contributed by atoms with Gasteiger partial charge in [-0.15, -0.1) is 12.6 Å². The van der Waals surface area contributed by atoms with E-state index in [2.05, 4.69) is 17.9 Å². The first-order valence-electron chi connectivity index (χ1n) is 5.45. The third kappa shape index (κ3) is 4.98. The van der Waals surface area contributed by atoms with Crippen molar-refractivity contribution in [2.24, 2.45) is 0 Å². The lowest BCUT2D eigenvalue weighted by Crippen LogP contribution is -2.25. The van der Waals surface area contributed by atoms with Gasteiger partial charge >= 0.3 is 0 Å². The Bertz CT molecular complexity index is 396. The number of halogens is 1. The van der Waals surface area contributed by atoms with Crippen LogP contribution in [0.1, 0.15) is 30.1 Å². The molecule has 1 atom stereocenters. The van der Waals surface area contributed by atoms with E-state index in [4.69, 9.17) is 16.7 Å². The summed E-state index contributed by atoms with van der Waals surface area (Å²) in [4.78, 5) is 12.5. The van der Waals surface area contributed by atoms with Crippen LogP contribution in [-0.2, 0) is 0 Å². The van der Waals surface area contributed by atoms with Crippen molar-refractivity contribution in [3.8, 4) is 0 Å². The molecule has 0 aliphatic rings. The Morgan fingerprint density at radius 3 is 2.94 bits per heavy atom. The van der Waals surface area contributed by atoms with E-state index < -0.39 is 0 Å². The van der Waals surface area contributed by atoms with Crippen molar-refractivity contribution in [3.63, 3.8) is 0 Å². The Hall–Kier alpha value is -0.710. The number of aliphatic hydroxyl groups is 1. The third-order valence-corrected chi connectivity index (χ3v) is 2.89. The molecule has 2 N–H and O–H groups in total. The maximum absolute atomic E-state index is 11.8. The van der Waals surface area contributed by atoms with E-state index in [0.717, 1.165) is 6.42 Å². The second-order valence-corrected chi connectivity index (χ2v) is 4.83. The summed E-state index contributed by atoms with van der Waals surface area (Å²) in [5.41, 5.74) is 0.427. The quantitative estimate of drug-likeness (QED) is 0.570. The number of carbonyl (C=O) groups is 1. The van der Waals surface area contributed by atoms with Gasteiger partial charge in [0.25, 0.3) is 5.91 Å². The zero-order valence-corrected chi connectivity index (χ0v) is 11.3. The Morgan fingerprint density at radius 2 is 2.29 bits per heavy atom. The molecule has 1 rings (SSSR count). The minimum Gasteiger partial charge on any atom is -0.393 e. The van der Waals surface area contributed by atoms with Gasteiger partial charge in [-0.1, -0.05) is 11.6 Å². The first kappa shape index (κ1) is 14.4. The summed E-state index contributed by atoms with van der Waals surface area (Å²) in [5, 5.41) is 12.2. The number of rotatable bonds is 5. The van der Waals surface area contributed by atoms with Crippen LogP contribution in [0.5, 0.6) is 0 Å². The molecule has 0 saturated heterocycles. The van der Waals surface area contributed by atoms with E-state index in [1.807, 2.05) is 0 Å². The third-order valence-electron chi connectivity index (χ3n) is 2.28. The largest absolute Gasteiger partial charge is 0.393 e. The van der Waals surface area contributed by atoms with Crippen molar-refractivity contribution in [2.75, 3.05) is 6.54 Å². The first-order chi connectivity index (χ1) is 8.00. The molecule has 0 saturated carbocycles. The van der Waals surface area contributed by atoms with E-state index in [0.29, 0.717) is 28.4 Å². The zero-order chi connectivity index (χ0) is 12.8. The molecule has 0 fully saturated rings. The number of hydrogen-bond donors (Lipinski definition) is 3. The summed E-state index contributed by atoms with van der Waals surface area (Å²) in [6.45, 7) is 2.25. The highest BCUT2D eigenvalue weighted by Crippen LogP contribution is 2.19. The van der Waals surface area contributed by atoms with Gasteiger partial charge in [-0.25, -0.2) is 0 Å². The van der Waals surface area contributed by atoms with Crippen molar-refractivity contribution in [1.82, 2.24) is 5.32 Å². The predicted molar refractivity (Wildman–Crippen MR) is 72.0 cm³/mol. The smallest absolute Gasteiger partial charge is 0.252 e. The topological polar surface area (TPSA) is 49.3 Å². The molecule has 0 radical (unpaired) electrons. The fraction of sp³-hybridized carbons (Fsp3) is 0.417. The Balaban J connectivity index is 2.49. The lowest BCUT2D eigenvalue weighted by molar-refractivity contribution is 0.0949. The van der Waals surface area contributed by atoms with Crippen molar-refractivity contribution in [3.05, 3.63) is 28.8 Å². The van der Waals surface area contributed by atoms with Gasteiger partial charge in [0.2, 0.25) is 0 Å². The fourth-order valence-electron chi connectivity index (χ4n) is 1.38. The summed E-state index contributed by atoms with van der Waals surface area (Å²) < 4.78 is 0. The van der Waals surface area contributed by atoms with Crippen molar-refractivity contribution in [2.45, 2.75) is 30.8 Å². The summed E-state index contributed by atoms with van der Waals surface area (Å²) in [6.07, 6.45) is 1.07. The number of amides is 1. The molecule has 1 amide bonds. The Kier molecular flexibility index (Phi) is 5.82. The van der Waals surface area contributed by atoms with Gasteiger partial charge < -0.3 is 10.4 Å². The van der Waals surface area contributed by atoms with Crippen LogP contribution in [0, 0.1) is 0 Å². The fourth-order valence-corrected chi connectivity index (χ4v) is 1.79. The zero-order valence-electron chi connectivity index (χ0n) is 9.61. The van der Waals surface area contributed by atoms with Gasteiger partial charge in [0, 0.05) is 11.4 Å². The molecule has 0 aliphatic heterocycles.